The van der Waals surface area contributed by atoms with E-state index in [0.717, 1.165) is 28.5 Å². The van der Waals surface area contributed by atoms with E-state index in [0.29, 0.717) is 11.9 Å². The van der Waals surface area contributed by atoms with Crippen molar-refractivity contribution in [3.05, 3.63) is 70.5 Å². The van der Waals surface area contributed by atoms with E-state index in [4.69, 9.17) is 4.98 Å². The highest BCUT2D eigenvalue weighted by Crippen LogP contribution is 2.18. The van der Waals surface area contributed by atoms with Crippen LogP contribution in [0.3, 0.4) is 0 Å². The van der Waals surface area contributed by atoms with Gasteiger partial charge in [0.15, 0.2) is 5.16 Å². The van der Waals surface area contributed by atoms with E-state index in [2.05, 4.69) is 12.1 Å². The summed E-state index contributed by atoms with van der Waals surface area (Å²) in [6.45, 7) is 4.26. The van der Waals surface area contributed by atoms with Gasteiger partial charge in [0.2, 0.25) is 0 Å². The number of fused-ring (bicyclic) bond motifs is 1. The van der Waals surface area contributed by atoms with Gasteiger partial charge < -0.3 is 4.90 Å². The Hall–Kier alpha value is -2.11. The molecule has 2 heterocycles. The average molecular weight is 381 g/mol. The minimum Gasteiger partial charge on any atom is -0.334 e. The van der Waals surface area contributed by atoms with E-state index >= 15 is 0 Å². The molecule has 1 aliphatic rings. The van der Waals surface area contributed by atoms with E-state index in [1.807, 2.05) is 47.0 Å². The number of para-hydroxylation sites is 1. The number of rotatable bonds is 6. The van der Waals surface area contributed by atoms with Crippen LogP contribution < -0.4 is 10.5 Å². The number of piperidine rings is 1. The van der Waals surface area contributed by atoms with Crippen LogP contribution in [0.15, 0.2) is 64.5 Å². The minimum atomic E-state index is 0.0530. The van der Waals surface area contributed by atoms with Crippen LogP contribution in [0.25, 0.3) is 10.9 Å². The first-order valence-electron chi connectivity index (χ1n) is 9.81. The van der Waals surface area contributed by atoms with E-state index in [1.165, 1.54) is 32.4 Å². The second-order valence-electron chi connectivity index (χ2n) is 7.20. The molecule has 4 rings (SSSR count). The quantitative estimate of drug-likeness (QED) is 0.528. The Bertz CT molecular complexity index is 949. The number of nitrogens with one attached hydrogen (secondary N) is 1. The smallest absolute Gasteiger partial charge is 0.262 e. The van der Waals surface area contributed by atoms with Gasteiger partial charge in [0.05, 0.1) is 42.8 Å². The summed E-state index contributed by atoms with van der Waals surface area (Å²) in [6, 6.07) is 17.8. The van der Waals surface area contributed by atoms with Crippen molar-refractivity contribution >= 4 is 22.7 Å². The molecule has 1 N–H and O–H groups in total. The molecule has 3 aromatic rings. The van der Waals surface area contributed by atoms with E-state index < -0.39 is 0 Å². The molecule has 0 amide bonds. The number of nitrogens with zero attached hydrogens (tertiary/aromatic N) is 2. The molecule has 5 heteroatoms. The van der Waals surface area contributed by atoms with Gasteiger partial charge in [-0.2, -0.15) is 0 Å². The van der Waals surface area contributed by atoms with Crippen LogP contribution in [0, 0.1) is 0 Å². The molecule has 27 heavy (non-hydrogen) atoms. The Balaban J connectivity index is 1.60. The van der Waals surface area contributed by atoms with Crippen molar-refractivity contribution in [2.75, 3.05) is 25.4 Å². The Morgan fingerprint density at radius 3 is 2.52 bits per heavy atom. The van der Waals surface area contributed by atoms with Crippen molar-refractivity contribution in [3.8, 4) is 0 Å². The Morgan fingerprint density at radius 2 is 1.70 bits per heavy atom. The van der Waals surface area contributed by atoms with Crippen molar-refractivity contribution in [3.63, 3.8) is 0 Å². The molecule has 2 aromatic carbocycles. The summed E-state index contributed by atoms with van der Waals surface area (Å²) in [4.78, 5) is 19.6. The first-order valence-corrected chi connectivity index (χ1v) is 10.8. The fourth-order valence-electron chi connectivity index (χ4n) is 3.75. The van der Waals surface area contributed by atoms with Crippen LogP contribution in [0.4, 0.5) is 0 Å². The summed E-state index contributed by atoms with van der Waals surface area (Å²) in [7, 11) is 0. The standard InChI is InChI=1S/C22H25N3OS/c26-21-19-11-5-6-12-20(19)23-22(25(21)17-18-9-3-1-4-10-18)27-16-15-24-13-7-2-8-14-24/h1,3-6,9-12H,2,7-8,13-17H2/p+1. The third kappa shape index (κ3) is 4.42. The number of thioether (sulfide) groups is 1. The topological polar surface area (TPSA) is 39.3 Å². The summed E-state index contributed by atoms with van der Waals surface area (Å²) >= 11 is 1.72. The van der Waals surface area contributed by atoms with Crippen LogP contribution in [-0.4, -0.2) is 34.9 Å². The zero-order valence-electron chi connectivity index (χ0n) is 15.6. The maximum atomic E-state index is 13.1. The van der Waals surface area contributed by atoms with Crippen LogP contribution >= 0.6 is 11.8 Å². The van der Waals surface area contributed by atoms with Gasteiger partial charge in [0.1, 0.15) is 0 Å². The summed E-state index contributed by atoms with van der Waals surface area (Å²) in [6.07, 6.45) is 4.05. The van der Waals surface area contributed by atoms with Crippen molar-refractivity contribution in [2.24, 2.45) is 0 Å². The maximum Gasteiger partial charge on any atom is 0.262 e. The molecule has 140 valence electrons. The van der Waals surface area contributed by atoms with Gasteiger partial charge in [0, 0.05) is 0 Å². The van der Waals surface area contributed by atoms with Crippen molar-refractivity contribution < 1.29 is 4.90 Å². The highest BCUT2D eigenvalue weighted by Gasteiger charge is 2.15. The largest absolute Gasteiger partial charge is 0.334 e. The Labute approximate surface area is 164 Å². The summed E-state index contributed by atoms with van der Waals surface area (Å²) in [5.74, 6) is 0.995. The molecule has 0 spiro atoms. The normalized spacial score (nSPS) is 15.3. The van der Waals surface area contributed by atoms with Crippen molar-refractivity contribution in [1.82, 2.24) is 9.55 Å². The lowest BCUT2D eigenvalue weighted by atomic mass is 10.1. The van der Waals surface area contributed by atoms with Crippen LogP contribution in [0.5, 0.6) is 0 Å². The molecule has 4 nitrogen and oxygen atoms in total. The fraction of sp³-hybridized carbons (Fsp3) is 0.364. The molecule has 1 saturated heterocycles. The lowest BCUT2D eigenvalue weighted by Crippen LogP contribution is -3.13. The highest BCUT2D eigenvalue weighted by molar-refractivity contribution is 7.99. The predicted octanol–water partition coefficient (Wildman–Crippen LogP) is 2.61. The monoisotopic (exact) mass is 380 g/mol. The summed E-state index contributed by atoms with van der Waals surface area (Å²) in [5.41, 5.74) is 1.97. The van der Waals surface area contributed by atoms with Gasteiger partial charge in [-0.1, -0.05) is 54.2 Å². The number of likely N-dealkylation sites (tertiary alicyclic amines) is 1. The van der Waals surface area contributed by atoms with Gasteiger partial charge in [-0.05, 0) is 37.0 Å². The van der Waals surface area contributed by atoms with Gasteiger partial charge >= 0.3 is 0 Å². The minimum absolute atomic E-state index is 0.0530. The van der Waals surface area contributed by atoms with Crippen LogP contribution in [0.1, 0.15) is 24.8 Å². The predicted molar refractivity (Wildman–Crippen MR) is 112 cm³/mol. The molecule has 0 saturated carbocycles. The third-order valence-electron chi connectivity index (χ3n) is 5.26. The average Bonchev–Trinajstić information content (AvgIpc) is 2.72. The highest BCUT2D eigenvalue weighted by atomic mass is 32.2. The number of hydrogen-bond donors (Lipinski definition) is 1. The molecule has 0 unspecified atom stereocenters. The van der Waals surface area contributed by atoms with Gasteiger partial charge in [0.25, 0.3) is 5.56 Å². The molecular formula is C22H26N3OS+. The SMILES string of the molecule is O=c1c2ccccc2nc(SCC[NH+]2CCCCC2)n1Cc1ccccc1. The van der Waals surface area contributed by atoms with Gasteiger partial charge in [-0.25, -0.2) is 4.98 Å². The van der Waals surface area contributed by atoms with Gasteiger partial charge in [-0.3, -0.25) is 9.36 Å². The second-order valence-corrected chi connectivity index (χ2v) is 8.26. The van der Waals surface area contributed by atoms with Crippen molar-refractivity contribution in [2.45, 2.75) is 31.0 Å². The molecule has 0 atom stereocenters. The lowest BCUT2D eigenvalue weighted by Gasteiger charge is -2.23. The number of benzene rings is 2. The Kier molecular flexibility index (Phi) is 5.90. The van der Waals surface area contributed by atoms with Crippen molar-refractivity contribution in [1.29, 1.82) is 0 Å². The van der Waals surface area contributed by atoms with E-state index in [9.17, 15) is 4.79 Å². The second kappa shape index (κ2) is 8.72. The number of aromatic nitrogens is 2. The van der Waals surface area contributed by atoms with E-state index in [1.54, 1.807) is 16.7 Å². The number of hydrogen-bond acceptors (Lipinski definition) is 3. The molecule has 0 bridgehead atoms. The van der Waals surface area contributed by atoms with Crippen LogP contribution in [0.2, 0.25) is 0 Å². The summed E-state index contributed by atoms with van der Waals surface area (Å²) in [5, 5.41) is 1.53. The molecule has 1 aromatic heterocycles. The molecule has 1 fully saturated rings. The Morgan fingerprint density at radius 1 is 0.963 bits per heavy atom. The maximum absolute atomic E-state index is 13.1. The van der Waals surface area contributed by atoms with Crippen LogP contribution in [-0.2, 0) is 6.54 Å². The molecule has 1 aliphatic heterocycles. The third-order valence-corrected chi connectivity index (χ3v) is 6.24. The molecule has 0 aliphatic carbocycles. The zero-order chi connectivity index (χ0) is 18.5. The first kappa shape index (κ1) is 18.3. The summed E-state index contributed by atoms with van der Waals surface area (Å²) < 4.78 is 1.84. The first-order chi connectivity index (χ1) is 13.3. The zero-order valence-corrected chi connectivity index (χ0v) is 16.4. The molecular weight excluding hydrogens is 354 g/mol. The fourth-order valence-corrected chi connectivity index (χ4v) is 4.79. The van der Waals surface area contributed by atoms with Gasteiger partial charge in [-0.15, -0.1) is 0 Å². The lowest BCUT2D eigenvalue weighted by molar-refractivity contribution is -0.902. The van der Waals surface area contributed by atoms with E-state index in [-0.39, 0.29) is 5.56 Å². The molecule has 0 radical (unpaired) electrons. The number of quaternary nitrogens is 1.